The van der Waals surface area contributed by atoms with Crippen molar-refractivity contribution in [3.63, 3.8) is 0 Å². The van der Waals surface area contributed by atoms with Crippen molar-refractivity contribution in [2.45, 2.75) is 24.9 Å². The molecule has 2 atom stereocenters. The summed E-state index contributed by atoms with van der Waals surface area (Å²) in [6.45, 7) is 7.35. The largest absolute Gasteiger partial charge is 0.497 e. The van der Waals surface area contributed by atoms with E-state index in [1.165, 1.54) is 36.2 Å². The van der Waals surface area contributed by atoms with E-state index >= 15 is 0 Å². The monoisotopic (exact) mass is 890 g/mol. The van der Waals surface area contributed by atoms with Crippen LogP contribution >= 0.6 is 23.2 Å². The third-order valence-electron chi connectivity index (χ3n) is 9.40. The maximum Gasteiger partial charge on any atom is 0.252 e. The third kappa shape index (κ3) is 11.8. The lowest BCUT2D eigenvalue weighted by Crippen LogP contribution is -2.51. The molecule has 0 bridgehead atoms. The summed E-state index contributed by atoms with van der Waals surface area (Å²) < 4.78 is 68.1. The number of nitrogens with zero attached hydrogens (tertiary/aromatic N) is 2. The van der Waals surface area contributed by atoms with Crippen molar-refractivity contribution in [1.29, 1.82) is 0 Å². The second-order valence-corrected chi connectivity index (χ2v) is 14.5. The molecular weight excluding hydrogens is 851 g/mol. The van der Waals surface area contributed by atoms with E-state index in [0.29, 0.717) is 35.0 Å². The molecule has 0 spiro atoms. The first-order valence-electron chi connectivity index (χ1n) is 18.8. The Hall–Kier alpha value is -6.64. The van der Waals surface area contributed by atoms with E-state index in [1.807, 2.05) is 0 Å². The molecule has 5 aromatic carbocycles. The van der Waals surface area contributed by atoms with Crippen LogP contribution in [0.2, 0.25) is 10.0 Å². The molecule has 0 heterocycles. The minimum absolute atomic E-state index is 0.0117. The average molecular weight is 892 g/mol. The molecule has 10 nitrogen and oxygen atoms in total. The van der Waals surface area contributed by atoms with Gasteiger partial charge in [0.2, 0.25) is 11.8 Å². The van der Waals surface area contributed by atoms with Gasteiger partial charge < -0.3 is 29.9 Å². The highest BCUT2D eigenvalue weighted by atomic mass is 35.5. The van der Waals surface area contributed by atoms with Crippen LogP contribution in [0.4, 0.5) is 28.9 Å². The predicted octanol–water partition coefficient (Wildman–Crippen LogP) is 8.69. The van der Waals surface area contributed by atoms with Gasteiger partial charge in [0.15, 0.2) is 0 Å². The first-order chi connectivity index (χ1) is 29.6. The van der Waals surface area contributed by atoms with Crippen LogP contribution in [0.5, 0.6) is 11.5 Å². The maximum atomic E-state index is 14.4. The smallest absolute Gasteiger partial charge is 0.252 e. The van der Waals surface area contributed by atoms with Crippen molar-refractivity contribution >= 4 is 58.2 Å². The molecule has 0 radical (unpaired) electrons. The van der Waals surface area contributed by atoms with Crippen LogP contribution in [0.1, 0.15) is 31.8 Å². The minimum atomic E-state index is -1.52. The van der Waals surface area contributed by atoms with Crippen molar-refractivity contribution in [1.82, 2.24) is 10.6 Å². The zero-order chi connectivity index (χ0) is 45.1. The lowest BCUT2D eigenvalue weighted by atomic mass is 10.0. The number of halogens is 6. The summed E-state index contributed by atoms with van der Waals surface area (Å²) >= 11 is 12.8. The molecule has 5 aromatic rings. The van der Waals surface area contributed by atoms with Gasteiger partial charge in [0.1, 0.15) is 46.9 Å². The number of nitrogens with one attached hydrogen (secondary N) is 2. The Morgan fingerprint density at radius 3 is 1.19 bits per heavy atom. The third-order valence-corrected chi connectivity index (χ3v) is 10.1. The van der Waals surface area contributed by atoms with E-state index in [-0.39, 0.29) is 34.3 Å². The Labute approximate surface area is 365 Å². The summed E-state index contributed by atoms with van der Waals surface area (Å²) in [4.78, 5) is 60.1. The van der Waals surface area contributed by atoms with Crippen LogP contribution in [0, 0.1) is 23.3 Å². The summed E-state index contributed by atoms with van der Waals surface area (Å²) in [7, 11) is 2.93. The summed E-state index contributed by atoms with van der Waals surface area (Å²) in [6.07, 6.45) is 2.03. The normalized spacial score (nSPS) is 11.7. The van der Waals surface area contributed by atoms with Crippen molar-refractivity contribution < 1.29 is 46.2 Å². The van der Waals surface area contributed by atoms with Crippen LogP contribution < -0.4 is 29.9 Å². The molecule has 0 aliphatic heterocycles. The highest BCUT2D eigenvalue weighted by Gasteiger charge is 2.32. The molecule has 4 amide bonds. The number of rotatable bonds is 18. The van der Waals surface area contributed by atoms with Gasteiger partial charge in [-0.1, -0.05) is 35.4 Å². The van der Waals surface area contributed by atoms with Gasteiger partial charge in [-0.25, -0.2) is 17.6 Å². The van der Waals surface area contributed by atoms with E-state index in [4.69, 9.17) is 32.7 Å². The number of ether oxygens (including phenoxy) is 2. The fourth-order valence-electron chi connectivity index (χ4n) is 6.53. The van der Waals surface area contributed by atoms with Crippen molar-refractivity contribution in [2.75, 3.05) is 37.1 Å². The maximum absolute atomic E-state index is 14.4. The molecule has 0 fully saturated rings. The van der Waals surface area contributed by atoms with Gasteiger partial charge in [-0.15, -0.1) is 13.2 Å². The van der Waals surface area contributed by atoms with E-state index in [0.717, 1.165) is 36.4 Å². The SMILES string of the molecule is C=CCN(C(=O)[C@H](Cc1cc(F)cc(F)c1)NC(=O)c1cc(Cl)c(Cl)cc1C(=O)N[C@@H](Cc1cc(F)cc(F)c1)C(=O)N(CC=C)c1ccc(OC)cc1)c1ccc(OC)cc1. The van der Waals surface area contributed by atoms with Gasteiger partial charge in [0.05, 0.1) is 35.4 Å². The van der Waals surface area contributed by atoms with Crippen LogP contribution in [0.3, 0.4) is 0 Å². The van der Waals surface area contributed by atoms with E-state index < -0.39 is 82.9 Å². The number of hydrogen-bond acceptors (Lipinski definition) is 6. The fraction of sp³-hybridized carbons (Fsp3) is 0.174. The molecule has 0 aromatic heterocycles. The Kier molecular flexibility index (Phi) is 15.9. The first-order valence-corrected chi connectivity index (χ1v) is 19.5. The Balaban J connectivity index is 1.55. The van der Waals surface area contributed by atoms with Crippen molar-refractivity contribution in [2.24, 2.45) is 0 Å². The van der Waals surface area contributed by atoms with Crippen LogP contribution in [-0.2, 0) is 22.4 Å². The zero-order valence-corrected chi connectivity index (χ0v) is 34.9. The number of benzene rings is 5. The quantitative estimate of drug-likeness (QED) is 0.0672. The highest BCUT2D eigenvalue weighted by molar-refractivity contribution is 6.42. The zero-order valence-electron chi connectivity index (χ0n) is 33.4. The van der Waals surface area contributed by atoms with Crippen LogP contribution in [0.25, 0.3) is 0 Å². The standard InChI is InChI=1S/C46H40Cl2F4N4O6/c1-5-15-55(33-7-11-35(61-3)12-8-33)45(59)41(21-27-17-29(49)23-30(50)18-27)53-43(57)37-25-39(47)40(48)26-38(37)44(58)54-42(22-28-19-31(51)24-32(52)20-28)46(60)56(16-6-2)34-9-13-36(62-4)14-10-34/h5-14,17-20,23-26,41-42H,1-2,15-16,21-22H2,3-4H3,(H,53,57)(H,54,58)/t41-,42-/m0/s1. The summed E-state index contributed by atoms with van der Waals surface area (Å²) in [5, 5.41) is 4.84. The lowest BCUT2D eigenvalue weighted by molar-refractivity contribution is -0.121. The fourth-order valence-corrected chi connectivity index (χ4v) is 6.86. The second kappa shape index (κ2) is 21.2. The molecule has 0 aliphatic rings. The average Bonchev–Trinajstić information content (AvgIpc) is 3.24. The topological polar surface area (TPSA) is 117 Å². The van der Waals surface area contributed by atoms with Crippen LogP contribution in [-0.4, -0.2) is 63.0 Å². The predicted molar refractivity (Wildman–Crippen MR) is 230 cm³/mol. The first kappa shape index (κ1) is 46.4. The molecule has 0 saturated carbocycles. The molecule has 0 saturated heterocycles. The summed E-state index contributed by atoms with van der Waals surface area (Å²) in [5.74, 6) is -6.27. The van der Waals surface area contributed by atoms with Gasteiger partial charge >= 0.3 is 0 Å². The van der Waals surface area contributed by atoms with Gasteiger partial charge in [-0.05, 0) is 96.1 Å². The Morgan fingerprint density at radius 1 is 0.581 bits per heavy atom. The number of carbonyl (C=O) groups excluding carboxylic acids is 4. The number of methoxy groups -OCH3 is 2. The summed E-state index contributed by atoms with van der Waals surface area (Å²) in [5.41, 5.74) is -0.0786. The van der Waals surface area contributed by atoms with Gasteiger partial charge in [0.25, 0.3) is 11.8 Å². The molecule has 16 heteroatoms. The number of carbonyl (C=O) groups is 4. The molecule has 2 N–H and O–H groups in total. The Bertz CT molecular complexity index is 2260. The van der Waals surface area contributed by atoms with Crippen LogP contribution in [0.15, 0.2) is 122 Å². The summed E-state index contributed by atoms with van der Waals surface area (Å²) in [6, 6.07) is 17.2. The lowest BCUT2D eigenvalue weighted by Gasteiger charge is -2.28. The minimum Gasteiger partial charge on any atom is -0.497 e. The number of amides is 4. The number of anilines is 2. The molecule has 0 aliphatic carbocycles. The van der Waals surface area contributed by atoms with Crippen molar-refractivity contribution in [3.8, 4) is 11.5 Å². The van der Waals surface area contributed by atoms with Gasteiger partial charge in [-0.2, -0.15) is 0 Å². The molecular formula is C46H40Cl2F4N4O6. The molecule has 62 heavy (non-hydrogen) atoms. The van der Waals surface area contributed by atoms with E-state index in [9.17, 15) is 36.7 Å². The van der Waals surface area contributed by atoms with Gasteiger partial charge in [-0.3, -0.25) is 19.2 Å². The molecule has 5 rings (SSSR count). The molecule has 0 unspecified atom stereocenters. The molecule has 322 valence electrons. The van der Waals surface area contributed by atoms with Crippen molar-refractivity contribution in [3.05, 3.63) is 178 Å². The van der Waals surface area contributed by atoms with Gasteiger partial charge in [0, 0.05) is 49.4 Å². The van der Waals surface area contributed by atoms with E-state index in [1.54, 1.807) is 48.5 Å². The van der Waals surface area contributed by atoms with E-state index in [2.05, 4.69) is 23.8 Å². The second-order valence-electron chi connectivity index (χ2n) is 13.7. The Morgan fingerprint density at radius 2 is 0.903 bits per heavy atom. The highest BCUT2D eigenvalue weighted by Crippen LogP contribution is 2.28. The number of hydrogen-bond donors (Lipinski definition) is 2.